The molecule has 1 aliphatic heterocycles. The molecule has 1 aliphatic rings. The Hall–Kier alpha value is -5.22. The smallest absolute Gasteiger partial charge is 0.310 e. The minimum atomic E-state index is -1.57. The van der Waals surface area contributed by atoms with Crippen LogP contribution in [0.25, 0.3) is 11.1 Å². The van der Waals surface area contributed by atoms with Crippen LogP contribution in [0.2, 0.25) is 0 Å². The Kier molecular flexibility index (Phi) is 6.47. The summed E-state index contributed by atoms with van der Waals surface area (Å²) < 4.78 is 10.9. The number of carbonyl (C=O) groups excluding carboxylic acids is 2. The van der Waals surface area contributed by atoms with Gasteiger partial charge in [-0.05, 0) is 58.7 Å². The summed E-state index contributed by atoms with van der Waals surface area (Å²) in [6.45, 7) is 0. The number of primary amides is 1. The van der Waals surface area contributed by atoms with Crippen LogP contribution in [-0.4, -0.2) is 31.0 Å². The van der Waals surface area contributed by atoms with Crippen molar-refractivity contribution in [3.8, 4) is 16.9 Å². The number of nitro benzene ring substituents is 1. The Morgan fingerprint density at radius 2 is 1.56 bits per heavy atom. The minimum Gasteiger partial charge on any atom is -0.490 e. The highest BCUT2D eigenvalue weighted by molar-refractivity contribution is 6.12. The molecular weight excluding hydrogens is 500 g/mol. The second-order valence-electron chi connectivity index (χ2n) is 8.86. The fraction of sp³-hybridized carbons (Fsp3) is 0.103. The lowest BCUT2D eigenvalue weighted by molar-refractivity contribution is -0.385. The second kappa shape index (κ2) is 9.92. The summed E-state index contributed by atoms with van der Waals surface area (Å²) in [5.41, 5.74) is 8.50. The van der Waals surface area contributed by atoms with Gasteiger partial charge in [-0.1, -0.05) is 42.5 Å². The van der Waals surface area contributed by atoms with Gasteiger partial charge in [-0.2, -0.15) is 0 Å². The molecule has 0 unspecified atom stereocenters. The molecule has 0 aromatic heterocycles. The van der Waals surface area contributed by atoms with Gasteiger partial charge in [-0.15, -0.1) is 0 Å². The Labute approximate surface area is 223 Å². The Morgan fingerprint density at radius 1 is 0.846 bits per heavy atom. The van der Waals surface area contributed by atoms with Gasteiger partial charge in [0.05, 0.1) is 34.7 Å². The van der Waals surface area contributed by atoms with Crippen molar-refractivity contribution in [2.75, 3.05) is 24.9 Å². The molecule has 1 atom stereocenters. The lowest BCUT2D eigenvalue weighted by Crippen LogP contribution is -2.44. The summed E-state index contributed by atoms with van der Waals surface area (Å²) in [6, 6.07) is 23.8. The van der Waals surface area contributed by atoms with Crippen molar-refractivity contribution in [3.63, 3.8) is 0 Å². The zero-order valence-electron chi connectivity index (χ0n) is 21.1. The summed E-state index contributed by atoms with van der Waals surface area (Å²) in [4.78, 5) is 36.7. The summed E-state index contributed by atoms with van der Waals surface area (Å²) in [7, 11) is 2.78. The molecule has 0 radical (unpaired) electrons. The van der Waals surface area contributed by atoms with E-state index in [2.05, 4.69) is 10.6 Å². The van der Waals surface area contributed by atoms with Crippen molar-refractivity contribution in [3.05, 3.63) is 112 Å². The number of nitro groups is 1. The van der Waals surface area contributed by atoms with Crippen LogP contribution in [0.1, 0.15) is 21.5 Å². The summed E-state index contributed by atoms with van der Waals surface area (Å²) >= 11 is 0. The molecule has 5 rings (SSSR count). The maximum atomic E-state index is 13.2. The number of hydrogen-bond acceptors (Lipinski definition) is 7. The SMILES string of the molecule is COc1cc(-c2ccc3c(c2)Nc2ccc([C@@](OC)(C(N)=O)c4ccccc4)cc2NC3=O)ccc1[N+](=O)[O-]. The first-order valence-corrected chi connectivity index (χ1v) is 11.9. The molecule has 0 saturated heterocycles. The quantitative estimate of drug-likeness (QED) is 0.229. The van der Waals surface area contributed by atoms with Crippen LogP contribution in [0.4, 0.5) is 22.7 Å². The zero-order valence-corrected chi connectivity index (χ0v) is 21.1. The number of methoxy groups -OCH3 is 2. The van der Waals surface area contributed by atoms with Crippen LogP contribution in [0, 0.1) is 10.1 Å². The number of ether oxygens (including phenoxy) is 2. The number of nitrogens with one attached hydrogen (secondary N) is 2. The number of fused-ring (bicyclic) bond motifs is 2. The van der Waals surface area contributed by atoms with Gasteiger partial charge in [0.25, 0.3) is 11.8 Å². The number of carbonyl (C=O) groups is 2. The maximum absolute atomic E-state index is 13.2. The van der Waals surface area contributed by atoms with Crippen LogP contribution in [-0.2, 0) is 15.1 Å². The average Bonchev–Trinajstić information content (AvgIpc) is 3.08. The number of benzene rings is 4. The molecule has 0 saturated carbocycles. The zero-order chi connectivity index (χ0) is 27.7. The third-order valence-corrected chi connectivity index (χ3v) is 6.75. The number of rotatable bonds is 7. The van der Waals surface area contributed by atoms with Crippen molar-refractivity contribution in [2.45, 2.75) is 5.60 Å². The van der Waals surface area contributed by atoms with E-state index in [-0.39, 0.29) is 17.3 Å². The van der Waals surface area contributed by atoms with E-state index in [4.69, 9.17) is 15.2 Å². The molecular formula is C29H24N4O6. The maximum Gasteiger partial charge on any atom is 0.310 e. The van der Waals surface area contributed by atoms with Gasteiger partial charge in [0.1, 0.15) is 0 Å². The van der Waals surface area contributed by atoms with E-state index in [1.54, 1.807) is 72.8 Å². The van der Waals surface area contributed by atoms with E-state index in [1.807, 2.05) is 6.07 Å². The van der Waals surface area contributed by atoms with E-state index in [9.17, 15) is 19.7 Å². The van der Waals surface area contributed by atoms with E-state index < -0.39 is 16.4 Å². The number of nitrogens with zero attached hydrogens (tertiary/aromatic N) is 1. The predicted molar refractivity (Wildman–Crippen MR) is 146 cm³/mol. The Bertz CT molecular complexity index is 1620. The third kappa shape index (κ3) is 4.32. The molecule has 196 valence electrons. The van der Waals surface area contributed by atoms with Gasteiger partial charge in [0, 0.05) is 13.2 Å². The molecule has 2 amide bonds. The topological polar surface area (TPSA) is 146 Å². The summed E-state index contributed by atoms with van der Waals surface area (Å²) in [5.74, 6) is -0.927. The molecule has 0 spiro atoms. The highest BCUT2D eigenvalue weighted by Crippen LogP contribution is 2.40. The first-order chi connectivity index (χ1) is 18.8. The van der Waals surface area contributed by atoms with Crippen LogP contribution in [0.3, 0.4) is 0 Å². The van der Waals surface area contributed by atoms with Crippen LogP contribution >= 0.6 is 0 Å². The van der Waals surface area contributed by atoms with Crippen LogP contribution in [0.15, 0.2) is 84.9 Å². The molecule has 10 nitrogen and oxygen atoms in total. The van der Waals surface area contributed by atoms with Gasteiger partial charge >= 0.3 is 5.69 Å². The molecule has 4 aromatic carbocycles. The number of nitrogens with two attached hydrogens (primary N) is 1. The number of hydrogen-bond donors (Lipinski definition) is 3. The number of anilines is 3. The predicted octanol–water partition coefficient (Wildman–Crippen LogP) is 4.96. The van der Waals surface area contributed by atoms with Gasteiger partial charge in [0.2, 0.25) is 0 Å². The second-order valence-corrected chi connectivity index (χ2v) is 8.86. The van der Waals surface area contributed by atoms with Gasteiger partial charge < -0.3 is 25.8 Å². The summed E-state index contributed by atoms with van der Waals surface area (Å²) in [5, 5.41) is 17.5. The molecule has 10 heteroatoms. The van der Waals surface area contributed by atoms with Crippen LogP contribution < -0.4 is 21.1 Å². The van der Waals surface area contributed by atoms with Crippen molar-refractivity contribution >= 4 is 34.6 Å². The monoisotopic (exact) mass is 524 g/mol. The lowest BCUT2D eigenvalue weighted by atomic mass is 9.85. The lowest BCUT2D eigenvalue weighted by Gasteiger charge is -2.31. The molecule has 39 heavy (non-hydrogen) atoms. The van der Waals surface area contributed by atoms with Crippen molar-refractivity contribution in [2.24, 2.45) is 5.73 Å². The molecule has 0 aliphatic carbocycles. The summed E-state index contributed by atoms with van der Waals surface area (Å²) in [6.07, 6.45) is 0. The fourth-order valence-electron chi connectivity index (χ4n) is 4.80. The standard InChI is InChI=1S/C29H24N4O6/c1-38-26-15-18(9-13-25(26)33(36)37)17-8-11-21-23(14-17)31-22-12-10-20(16-24(22)32-27(21)34)29(39-2,28(30)35)19-6-4-3-5-7-19/h3-16,31H,1-2H3,(H2,30,35)(H,32,34)/t29-/m1/s1. The third-order valence-electron chi connectivity index (χ3n) is 6.75. The number of amides is 2. The Morgan fingerprint density at radius 3 is 2.23 bits per heavy atom. The molecule has 0 fully saturated rings. The van der Waals surface area contributed by atoms with Gasteiger partial charge in [-0.25, -0.2) is 0 Å². The minimum absolute atomic E-state index is 0.130. The van der Waals surface area contributed by atoms with E-state index in [0.29, 0.717) is 39.3 Å². The van der Waals surface area contributed by atoms with Gasteiger partial charge in [0.15, 0.2) is 11.4 Å². The van der Waals surface area contributed by atoms with Crippen molar-refractivity contribution < 1.29 is 24.0 Å². The molecule has 4 N–H and O–H groups in total. The Balaban J connectivity index is 1.56. The average molecular weight is 525 g/mol. The highest BCUT2D eigenvalue weighted by Gasteiger charge is 2.41. The fourth-order valence-corrected chi connectivity index (χ4v) is 4.80. The first-order valence-electron chi connectivity index (χ1n) is 11.9. The highest BCUT2D eigenvalue weighted by atomic mass is 16.6. The molecule has 0 bridgehead atoms. The van der Waals surface area contributed by atoms with E-state index in [1.165, 1.54) is 20.3 Å². The van der Waals surface area contributed by atoms with Crippen LogP contribution in [0.5, 0.6) is 5.75 Å². The van der Waals surface area contributed by atoms with Crippen molar-refractivity contribution in [1.82, 2.24) is 0 Å². The van der Waals surface area contributed by atoms with Gasteiger partial charge in [-0.3, -0.25) is 19.7 Å². The molecule has 1 heterocycles. The largest absolute Gasteiger partial charge is 0.490 e. The normalized spacial score (nSPS) is 13.5. The van der Waals surface area contributed by atoms with E-state index >= 15 is 0 Å². The first kappa shape index (κ1) is 25.4. The van der Waals surface area contributed by atoms with E-state index in [0.717, 1.165) is 5.56 Å². The molecule has 4 aromatic rings. The van der Waals surface area contributed by atoms with Crippen molar-refractivity contribution in [1.29, 1.82) is 0 Å².